The van der Waals surface area contributed by atoms with E-state index < -0.39 is 30.0 Å². The average molecular weight is 482 g/mol. The summed E-state index contributed by atoms with van der Waals surface area (Å²) in [5, 5.41) is 9.45. The third kappa shape index (κ3) is 4.68. The zero-order valence-electron chi connectivity index (χ0n) is 18.2. The number of nitrogens with one attached hydrogen (secondary N) is 2. The van der Waals surface area contributed by atoms with E-state index in [1.165, 1.54) is 18.0 Å². The van der Waals surface area contributed by atoms with Gasteiger partial charge in [0.2, 0.25) is 0 Å². The number of aromatic nitrogens is 2. The number of hydrogen-bond donors (Lipinski definition) is 2. The van der Waals surface area contributed by atoms with E-state index in [0.717, 1.165) is 13.3 Å². The normalized spacial score (nSPS) is 18.4. The van der Waals surface area contributed by atoms with Gasteiger partial charge in [-0.15, -0.1) is 5.10 Å². The smallest absolute Gasteiger partial charge is 0.417 e. The van der Waals surface area contributed by atoms with Gasteiger partial charge >= 0.3 is 18.2 Å². The Kier molecular flexibility index (Phi) is 6.43. The van der Waals surface area contributed by atoms with E-state index in [-0.39, 0.29) is 22.8 Å². The fourth-order valence-corrected chi connectivity index (χ4v) is 3.68. The summed E-state index contributed by atoms with van der Waals surface area (Å²) >= 11 is 0. The minimum absolute atomic E-state index is 0.111. The highest BCUT2D eigenvalue weighted by molar-refractivity contribution is 6.01. The summed E-state index contributed by atoms with van der Waals surface area (Å²) in [6.45, 7) is 1.91. The van der Waals surface area contributed by atoms with E-state index in [2.05, 4.69) is 25.5 Å². The van der Waals surface area contributed by atoms with Gasteiger partial charge in [0.25, 0.3) is 0 Å². The molecule has 0 saturated carbocycles. The topological polar surface area (TPSA) is 119 Å². The van der Waals surface area contributed by atoms with Gasteiger partial charge in [-0.05, 0) is 12.1 Å². The van der Waals surface area contributed by atoms with E-state index in [0.29, 0.717) is 38.1 Å². The lowest BCUT2D eigenvalue weighted by molar-refractivity contribution is -0.137. The molecule has 1 fully saturated rings. The van der Waals surface area contributed by atoms with Crippen molar-refractivity contribution in [2.75, 3.05) is 45.8 Å². The quantitative estimate of drug-likeness (QED) is 0.636. The molecule has 4 heterocycles. The number of nitrogens with zero attached hydrogens (tertiary/aromatic N) is 4. The molecule has 1 amide bonds. The van der Waals surface area contributed by atoms with Crippen LogP contribution < -0.4 is 10.6 Å². The Morgan fingerprint density at radius 3 is 2.59 bits per heavy atom. The second kappa shape index (κ2) is 9.30. The van der Waals surface area contributed by atoms with Crippen LogP contribution >= 0.6 is 0 Å². The molecule has 0 aliphatic carbocycles. The average Bonchev–Trinajstić information content (AvgIpc) is 3.27. The van der Waals surface area contributed by atoms with Crippen LogP contribution in [0.3, 0.4) is 0 Å². The number of fused-ring (bicyclic) bond motifs is 1. The number of hydrogen-bond acceptors (Lipinski definition) is 9. The number of halogens is 3. The third-order valence-electron chi connectivity index (χ3n) is 5.30. The van der Waals surface area contributed by atoms with Crippen LogP contribution in [0.4, 0.5) is 23.8 Å². The van der Waals surface area contributed by atoms with Crippen molar-refractivity contribution in [1.82, 2.24) is 19.9 Å². The second-order valence-electron chi connectivity index (χ2n) is 7.36. The number of carbonyl (C=O) groups excluding carboxylic acids is 2. The van der Waals surface area contributed by atoms with Crippen LogP contribution in [0.5, 0.6) is 0 Å². The monoisotopic (exact) mass is 482 g/mol. The van der Waals surface area contributed by atoms with Gasteiger partial charge in [-0.25, -0.2) is 19.2 Å². The van der Waals surface area contributed by atoms with Crippen molar-refractivity contribution in [3.63, 3.8) is 0 Å². The van der Waals surface area contributed by atoms with Gasteiger partial charge in [-0.1, -0.05) is 0 Å². The van der Waals surface area contributed by atoms with Gasteiger partial charge in [0, 0.05) is 31.0 Å². The Hall–Kier alpha value is -3.65. The molecule has 2 aromatic heterocycles. The van der Waals surface area contributed by atoms with Crippen LogP contribution in [0.1, 0.15) is 33.3 Å². The Balaban J connectivity index is 1.79. The number of anilines is 1. The van der Waals surface area contributed by atoms with Crippen molar-refractivity contribution in [1.29, 1.82) is 0 Å². The van der Waals surface area contributed by atoms with Gasteiger partial charge in [0.05, 0.1) is 44.3 Å². The van der Waals surface area contributed by atoms with Crippen molar-refractivity contribution >= 4 is 23.7 Å². The number of morpholine rings is 1. The number of esters is 1. The first-order valence-corrected chi connectivity index (χ1v) is 10.1. The van der Waals surface area contributed by atoms with Gasteiger partial charge < -0.3 is 19.5 Å². The first-order valence-electron chi connectivity index (χ1n) is 10.1. The zero-order chi connectivity index (χ0) is 24.5. The molecule has 4 rings (SSSR count). The van der Waals surface area contributed by atoms with Gasteiger partial charge in [-0.2, -0.15) is 13.2 Å². The highest BCUT2D eigenvalue weighted by Gasteiger charge is 2.38. The maximum atomic E-state index is 14.0. The molecule has 2 aliphatic heterocycles. The maximum absolute atomic E-state index is 14.0. The van der Waals surface area contributed by atoms with E-state index in [1.807, 2.05) is 4.90 Å². The van der Waals surface area contributed by atoms with E-state index >= 15 is 0 Å². The molecule has 0 radical (unpaired) electrons. The first kappa shape index (κ1) is 23.5. The van der Waals surface area contributed by atoms with Crippen LogP contribution in [0.2, 0.25) is 0 Å². The largest absolute Gasteiger partial charge is 0.465 e. The van der Waals surface area contributed by atoms with Crippen LogP contribution in [-0.4, -0.2) is 73.0 Å². The standard InChI is InChI=1S/C20H21F3N6O5/c1-32-18(30)11-7-14-17(28-3-5-34-6-4-28)26-16(27-29(14)10-11)12-9-24-15(25-19(31)33-2)8-13(12)20(21,22)23/h7-10,17H,3-6H2,1-2H3,(H,26,27)(H,24,25,31). The molecule has 0 aromatic carbocycles. The maximum Gasteiger partial charge on any atom is 0.417 e. The van der Waals surface area contributed by atoms with E-state index in [4.69, 9.17) is 9.47 Å². The molecule has 34 heavy (non-hydrogen) atoms. The highest BCUT2D eigenvalue weighted by atomic mass is 19.4. The predicted octanol–water partition coefficient (Wildman–Crippen LogP) is 2.01. The number of methoxy groups -OCH3 is 2. The predicted molar refractivity (Wildman–Crippen MR) is 111 cm³/mol. The summed E-state index contributed by atoms with van der Waals surface area (Å²) in [5.74, 6) is -1.05. The highest BCUT2D eigenvalue weighted by Crippen LogP contribution is 2.35. The van der Waals surface area contributed by atoms with Crippen LogP contribution in [0.15, 0.2) is 29.6 Å². The lowest BCUT2D eigenvalue weighted by Crippen LogP contribution is -2.49. The molecule has 2 aromatic rings. The number of amidine groups is 1. The molecule has 2 aliphatic rings. The molecule has 14 heteroatoms. The van der Waals surface area contributed by atoms with Crippen molar-refractivity contribution in [3.8, 4) is 0 Å². The molecule has 1 unspecified atom stereocenters. The fourth-order valence-electron chi connectivity index (χ4n) is 3.68. The van der Waals surface area contributed by atoms with Crippen molar-refractivity contribution in [2.24, 2.45) is 5.10 Å². The van der Waals surface area contributed by atoms with Gasteiger partial charge in [0.1, 0.15) is 12.0 Å². The Bertz CT molecular complexity index is 1130. The molecule has 1 saturated heterocycles. The number of pyridine rings is 1. The Labute approximate surface area is 191 Å². The van der Waals surface area contributed by atoms with Crippen molar-refractivity contribution in [2.45, 2.75) is 12.3 Å². The lowest BCUT2D eigenvalue weighted by atomic mass is 10.1. The van der Waals surface area contributed by atoms with E-state index in [1.54, 1.807) is 6.07 Å². The summed E-state index contributed by atoms with van der Waals surface area (Å²) < 4.78 is 57.8. The van der Waals surface area contributed by atoms with Crippen LogP contribution in [0.25, 0.3) is 0 Å². The van der Waals surface area contributed by atoms with Crippen molar-refractivity contribution < 1.29 is 37.0 Å². The van der Waals surface area contributed by atoms with Crippen LogP contribution in [-0.2, 0) is 20.4 Å². The summed E-state index contributed by atoms with van der Waals surface area (Å²) in [4.78, 5) is 29.4. The minimum Gasteiger partial charge on any atom is -0.465 e. The number of rotatable bonds is 4. The minimum atomic E-state index is -4.78. The first-order chi connectivity index (χ1) is 16.2. The molecular weight excluding hydrogens is 461 g/mol. The third-order valence-corrected chi connectivity index (χ3v) is 5.30. The SMILES string of the molecule is COC(=O)Nc1cc(C(F)(F)F)c(C2=Nn3cc(C(=O)OC)cc3C(N3CCOCC3)N2)cn1. The molecule has 2 N–H and O–H groups in total. The van der Waals surface area contributed by atoms with E-state index in [9.17, 15) is 22.8 Å². The second-order valence-corrected chi connectivity index (χ2v) is 7.36. The van der Waals surface area contributed by atoms with Gasteiger partial charge in [0.15, 0.2) is 5.84 Å². The number of carbonyl (C=O) groups is 2. The number of ether oxygens (including phenoxy) is 3. The summed E-state index contributed by atoms with van der Waals surface area (Å²) in [7, 11) is 2.31. The lowest BCUT2D eigenvalue weighted by Gasteiger charge is -2.37. The number of alkyl halides is 3. The molecule has 11 nitrogen and oxygen atoms in total. The summed E-state index contributed by atoms with van der Waals surface area (Å²) in [5.41, 5.74) is -0.643. The van der Waals surface area contributed by atoms with Crippen LogP contribution in [0, 0.1) is 0 Å². The summed E-state index contributed by atoms with van der Waals surface area (Å²) in [6, 6.07) is 2.27. The Morgan fingerprint density at radius 1 is 1.21 bits per heavy atom. The molecular formula is C20H21F3N6O5. The van der Waals surface area contributed by atoms with Gasteiger partial charge in [-0.3, -0.25) is 10.2 Å². The Morgan fingerprint density at radius 2 is 1.94 bits per heavy atom. The molecule has 0 spiro atoms. The summed E-state index contributed by atoms with van der Waals surface area (Å²) in [6.07, 6.45) is -3.97. The zero-order valence-corrected chi connectivity index (χ0v) is 18.2. The molecule has 1 atom stereocenters. The van der Waals surface area contributed by atoms with Crippen molar-refractivity contribution in [3.05, 3.63) is 46.9 Å². The molecule has 182 valence electrons. The fraction of sp³-hybridized carbons (Fsp3) is 0.400. The molecule has 0 bridgehead atoms. The number of amides is 1.